The molecule has 2 aliphatic rings. The van der Waals surface area contributed by atoms with Gasteiger partial charge in [0.05, 0.1) is 21.9 Å². The second kappa shape index (κ2) is 9.89. The molecule has 1 aromatic heterocycles. The molecule has 3 aromatic rings. The molecule has 5 rings (SSSR count). The maximum absolute atomic E-state index is 13.0. The van der Waals surface area contributed by atoms with Gasteiger partial charge in [-0.3, -0.25) is 14.5 Å². The fourth-order valence-electron chi connectivity index (χ4n) is 4.84. The van der Waals surface area contributed by atoms with Crippen LogP contribution in [0.1, 0.15) is 40.1 Å². The lowest BCUT2D eigenvalue weighted by Crippen LogP contribution is -2.37. The van der Waals surface area contributed by atoms with Gasteiger partial charge in [0, 0.05) is 30.4 Å². The SMILES string of the molecule is NC(=O)c1nn(-c2c(Cl)cccc2Cl)cc1Nc1ccc(C(=O)N2CC[C@H](N3CCCC3)C2)cc1. The fraction of sp³-hybridized carbons (Fsp3) is 0.320. The summed E-state index contributed by atoms with van der Waals surface area (Å²) >= 11 is 12.6. The van der Waals surface area contributed by atoms with E-state index in [0.717, 1.165) is 32.6 Å². The molecule has 2 amide bonds. The monoisotopic (exact) mass is 512 g/mol. The Balaban J connectivity index is 1.31. The van der Waals surface area contributed by atoms with Gasteiger partial charge in [-0.05, 0) is 68.8 Å². The average molecular weight is 513 g/mol. The zero-order valence-electron chi connectivity index (χ0n) is 19.1. The number of anilines is 2. The number of benzene rings is 2. The minimum absolute atomic E-state index is 0.0391. The van der Waals surface area contributed by atoms with Crippen molar-refractivity contribution in [3.05, 3.63) is 70.0 Å². The van der Waals surface area contributed by atoms with E-state index in [2.05, 4.69) is 15.3 Å². The molecular weight excluding hydrogens is 487 g/mol. The molecule has 0 aliphatic carbocycles. The maximum atomic E-state index is 13.0. The molecule has 3 N–H and O–H groups in total. The number of hydrogen-bond acceptors (Lipinski definition) is 5. The predicted octanol–water partition coefficient (Wildman–Crippen LogP) is 4.33. The number of nitrogens with two attached hydrogens (primary N) is 1. The van der Waals surface area contributed by atoms with Crippen molar-refractivity contribution in [1.29, 1.82) is 0 Å². The minimum atomic E-state index is -0.692. The summed E-state index contributed by atoms with van der Waals surface area (Å²) in [5.74, 6) is -0.653. The molecule has 1 atom stereocenters. The highest BCUT2D eigenvalue weighted by atomic mass is 35.5. The Morgan fingerprint density at radius 2 is 1.69 bits per heavy atom. The van der Waals surface area contributed by atoms with Crippen LogP contribution in [0.5, 0.6) is 0 Å². The molecule has 0 bridgehead atoms. The molecule has 2 fully saturated rings. The van der Waals surface area contributed by atoms with Crippen LogP contribution in [0.3, 0.4) is 0 Å². The normalized spacial score (nSPS) is 18.2. The first-order chi connectivity index (χ1) is 16.9. The number of carbonyl (C=O) groups excluding carboxylic acids is 2. The topological polar surface area (TPSA) is 96.5 Å². The van der Waals surface area contributed by atoms with Crippen LogP contribution in [-0.2, 0) is 0 Å². The lowest BCUT2D eigenvalue weighted by Gasteiger charge is -2.23. The van der Waals surface area contributed by atoms with E-state index >= 15 is 0 Å². The summed E-state index contributed by atoms with van der Waals surface area (Å²) in [7, 11) is 0. The van der Waals surface area contributed by atoms with E-state index < -0.39 is 5.91 Å². The van der Waals surface area contributed by atoms with E-state index in [0.29, 0.717) is 38.7 Å². The van der Waals surface area contributed by atoms with Crippen LogP contribution in [-0.4, -0.2) is 63.6 Å². The van der Waals surface area contributed by atoms with Crippen molar-refractivity contribution in [3.63, 3.8) is 0 Å². The van der Waals surface area contributed by atoms with Gasteiger partial charge in [-0.2, -0.15) is 5.10 Å². The van der Waals surface area contributed by atoms with Crippen molar-refractivity contribution < 1.29 is 9.59 Å². The van der Waals surface area contributed by atoms with Crippen molar-refractivity contribution >= 4 is 46.4 Å². The van der Waals surface area contributed by atoms with Crippen LogP contribution >= 0.6 is 23.2 Å². The molecule has 0 unspecified atom stereocenters. The maximum Gasteiger partial charge on any atom is 0.271 e. The number of para-hydroxylation sites is 1. The summed E-state index contributed by atoms with van der Waals surface area (Å²) in [5.41, 5.74) is 7.77. The minimum Gasteiger partial charge on any atom is -0.364 e. The van der Waals surface area contributed by atoms with Crippen LogP contribution in [0.2, 0.25) is 10.0 Å². The molecule has 2 aliphatic heterocycles. The molecule has 2 saturated heterocycles. The number of hydrogen-bond donors (Lipinski definition) is 2. The van der Waals surface area contributed by atoms with E-state index in [-0.39, 0.29) is 11.6 Å². The molecule has 8 nitrogen and oxygen atoms in total. The van der Waals surface area contributed by atoms with Crippen LogP contribution in [0.25, 0.3) is 5.69 Å². The smallest absolute Gasteiger partial charge is 0.271 e. The number of amides is 2. The highest BCUT2D eigenvalue weighted by molar-refractivity contribution is 6.37. The zero-order chi connectivity index (χ0) is 24.5. The van der Waals surface area contributed by atoms with Crippen molar-refractivity contribution in [1.82, 2.24) is 19.6 Å². The molecule has 3 heterocycles. The van der Waals surface area contributed by atoms with Crippen LogP contribution < -0.4 is 11.1 Å². The zero-order valence-corrected chi connectivity index (χ0v) is 20.6. The number of aromatic nitrogens is 2. The van der Waals surface area contributed by atoms with Crippen molar-refractivity contribution in [2.75, 3.05) is 31.5 Å². The van der Waals surface area contributed by atoms with Gasteiger partial charge in [0.25, 0.3) is 11.8 Å². The first-order valence-corrected chi connectivity index (χ1v) is 12.4. The summed E-state index contributed by atoms with van der Waals surface area (Å²) in [6.45, 7) is 3.84. The highest BCUT2D eigenvalue weighted by Crippen LogP contribution is 2.30. The number of nitrogens with one attached hydrogen (secondary N) is 1. The van der Waals surface area contributed by atoms with Crippen molar-refractivity contribution in [2.45, 2.75) is 25.3 Å². The van der Waals surface area contributed by atoms with Crippen molar-refractivity contribution in [2.24, 2.45) is 5.73 Å². The quantitative estimate of drug-likeness (QED) is 0.512. The van der Waals surface area contributed by atoms with E-state index in [1.165, 1.54) is 17.5 Å². The Morgan fingerprint density at radius 1 is 1.00 bits per heavy atom. The lowest BCUT2D eigenvalue weighted by atomic mass is 10.1. The molecular formula is C25H26Cl2N6O2. The molecule has 10 heteroatoms. The molecule has 0 spiro atoms. The highest BCUT2D eigenvalue weighted by Gasteiger charge is 2.32. The third kappa shape index (κ3) is 4.87. The van der Waals surface area contributed by atoms with Gasteiger partial charge in [-0.25, -0.2) is 4.68 Å². The van der Waals surface area contributed by atoms with Gasteiger partial charge >= 0.3 is 0 Å². The predicted molar refractivity (Wildman–Crippen MR) is 137 cm³/mol. The average Bonchev–Trinajstić information content (AvgIpc) is 3.60. The molecule has 182 valence electrons. The Hall–Kier alpha value is -3.07. The van der Waals surface area contributed by atoms with E-state index in [1.807, 2.05) is 4.90 Å². The number of rotatable bonds is 6. The van der Waals surface area contributed by atoms with Gasteiger partial charge < -0.3 is 16.0 Å². The van der Waals surface area contributed by atoms with Gasteiger partial charge in [0.15, 0.2) is 5.69 Å². The second-order valence-electron chi connectivity index (χ2n) is 8.91. The Kier molecular flexibility index (Phi) is 6.69. The van der Waals surface area contributed by atoms with Gasteiger partial charge in [0.2, 0.25) is 0 Å². The Morgan fingerprint density at radius 3 is 2.34 bits per heavy atom. The van der Waals surface area contributed by atoms with Crippen LogP contribution in [0, 0.1) is 0 Å². The number of primary amides is 1. The van der Waals surface area contributed by atoms with Crippen LogP contribution in [0.15, 0.2) is 48.7 Å². The molecule has 0 saturated carbocycles. The summed E-state index contributed by atoms with van der Waals surface area (Å²) in [4.78, 5) is 29.5. The van der Waals surface area contributed by atoms with Crippen LogP contribution in [0.4, 0.5) is 11.4 Å². The summed E-state index contributed by atoms with van der Waals surface area (Å²) in [6.07, 6.45) is 5.14. The summed E-state index contributed by atoms with van der Waals surface area (Å²) in [5, 5.41) is 8.22. The first kappa shape index (κ1) is 23.7. The number of carbonyl (C=O) groups is 2. The van der Waals surface area contributed by atoms with Gasteiger partial charge in [0.1, 0.15) is 5.69 Å². The third-order valence-electron chi connectivity index (χ3n) is 6.63. The van der Waals surface area contributed by atoms with E-state index in [1.54, 1.807) is 48.7 Å². The number of halogens is 2. The van der Waals surface area contributed by atoms with Gasteiger partial charge in [-0.15, -0.1) is 0 Å². The Bertz CT molecular complexity index is 1230. The molecule has 2 aromatic carbocycles. The Labute approximate surface area is 213 Å². The number of likely N-dealkylation sites (tertiary alicyclic amines) is 2. The number of nitrogens with zero attached hydrogens (tertiary/aromatic N) is 4. The standard InChI is InChI=1S/C25H26Cl2N6O2/c26-19-4-3-5-20(27)23(19)33-15-21(22(30-33)24(28)34)29-17-8-6-16(7-9-17)25(35)32-13-10-18(14-32)31-11-1-2-12-31/h3-9,15,18,29H,1-2,10-14H2,(H2,28,34)/t18-/m0/s1. The molecule has 0 radical (unpaired) electrons. The summed E-state index contributed by atoms with van der Waals surface area (Å²) < 4.78 is 1.43. The second-order valence-corrected chi connectivity index (χ2v) is 9.72. The van der Waals surface area contributed by atoms with E-state index in [4.69, 9.17) is 28.9 Å². The fourth-order valence-corrected chi connectivity index (χ4v) is 5.41. The van der Waals surface area contributed by atoms with E-state index in [9.17, 15) is 9.59 Å². The first-order valence-electron chi connectivity index (χ1n) is 11.6. The molecule has 35 heavy (non-hydrogen) atoms. The largest absolute Gasteiger partial charge is 0.364 e. The lowest BCUT2D eigenvalue weighted by molar-refractivity contribution is 0.0780. The third-order valence-corrected chi connectivity index (χ3v) is 7.24. The van der Waals surface area contributed by atoms with Gasteiger partial charge in [-0.1, -0.05) is 29.3 Å². The summed E-state index contributed by atoms with van der Waals surface area (Å²) in [6, 6.07) is 12.7. The van der Waals surface area contributed by atoms with Crippen molar-refractivity contribution in [3.8, 4) is 5.69 Å².